The van der Waals surface area contributed by atoms with Gasteiger partial charge in [-0.05, 0) is 31.3 Å². The molecule has 0 aliphatic carbocycles. The van der Waals surface area contributed by atoms with E-state index in [0.717, 1.165) is 18.1 Å². The van der Waals surface area contributed by atoms with Crippen LogP contribution in [0.1, 0.15) is 44.4 Å². The molecule has 1 aromatic heterocycles. The third-order valence-electron chi connectivity index (χ3n) is 2.88. The van der Waals surface area contributed by atoms with E-state index in [1.807, 2.05) is 18.7 Å². The zero-order valence-corrected chi connectivity index (χ0v) is 10.7. The van der Waals surface area contributed by atoms with Crippen LogP contribution in [0.4, 0.5) is 0 Å². The Morgan fingerprint density at radius 1 is 1.50 bits per heavy atom. The second-order valence-corrected chi connectivity index (χ2v) is 5.40. The Balaban J connectivity index is 1.88. The molecule has 1 aromatic rings. The molecule has 1 atom stereocenters. The first kappa shape index (κ1) is 11.9. The monoisotopic (exact) mass is 241 g/mol. The van der Waals surface area contributed by atoms with Gasteiger partial charge < -0.3 is 9.84 Å². The molecule has 0 spiro atoms. The number of rotatable bonds is 4. The highest BCUT2D eigenvalue weighted by atomic mass is 32.2. The van der Waals surface area contributed by atoms with Crippen molar-refractivity contribution >= 4 is 11.8 Å². The van der Waals surface area contributed by atoms with Crippen LogP contribution in [0, 0.1) is 0 Å². The number of nitrogens with one attached hydrogen (secondary N) is 1. The molecule has 1 saturated heterocycles. The lowest BCUT2D eigenvalue weighted by Gasteiger charge is -2.24. The number of aromatic nitrogens is 2. The van der Waals surface area contributed by atoms with Crippen molar-refractivity contribution in [2.24, 2.45) is 0 Å². The number of thioether (sulfide) groups is 1. The van der Waals surface area contributed by atoms with Crippen molar-refractivity contribution in [1.29, 1.82) is 0 Å². The van der Waals surface area contributed by atoms with E-state index in [1.165, 1.54) is 24.3 Å². The van der Waals surface area contributed by atoms with Gasteiger partial charge in [-0.2, -0.15) is 16.7 Å². The van der Waals surface area contributed by atoms with Crippen molar-refractivity contribution in [2.45, 2.75) is 45.2 Å². The summed E-state index contributed by atoms with van der Waals surface area (Å²) in [6.07, 6.45) is 3.31. The van der Waals surface area contributed by atoms with Crippen LogP contribution in [-0.2, 0) is 6.42 Å². The summed E-state index contributed by atoms with van der Waals surface area (Å²) in [7, 11) is 0. The summed E-state index contributed by atoms with van der Waals surface area (Å²) in [5, 5.41) is 7.48. The Bertz CT molecular complexity index is 323. The largest absolute Gasteiger partial charge is 0.338 e. The Hall–Kier alpha value is -0.550. The third-order valence-corrected chi connectivity index (χ3v) is 3.93. The molecular formula is C11H19N3OS. The molecule has 0 saturated carbocycles. The number of hydrogen-bond acceptors (Lipinski definition) is 5. The van der Waals surface area contributed by atoms with Crippen LogP contribution < -0.4 is 5.32 Å². The number of nitrogens with zero attached hydrogens (tertiary/aromatic N) is 2. The van der Waals surface area contributed by atoms with Gasteiger partial charge in [0, 0.05) is 12.5 Å². The standard InChI is InChI=1S/C11H19N3OS/c1-3-10-13-11(15-14-10)8(2)12-9-4-6-16-7-5-9/h8-9,12H,3-7H2,1-2H3. The van der Waals surface area contributed by atoms with E-state index in [1.54, 1.807) is 0 Å². The molecule has 0 aromatic carbocycles. The van der Waals surface area contributed by atoms with Gasteiger partial charge in [0.25, 0.3) is 0 Å². The summed E-state index contributed by atoms with van der Waals surface area (Å²) >= 11 is 2.04. The summed E-state index contributed by atoms with van der Waals surface area (Å²) in [5.74, 6) is 4.03. The van der Waals surface area contributed by atoms with Gasteiger partial charge in [-0.25, -0.2) is 0 Å². The maximum Gasteiger partial charge on any atom is 0.243 e. The van der Waals surface area contributed by atoms with Crippen molar-refractivity contribution in [3.63, 3.8) is 0 Å². The second-order valence-electron chi connectivity index (χ2n) is 4.18. The fourth-order valence-corrected chi connectivity index (χ4v) is 2.98. The highest BCUT2D eigenvalue weighted by Gasteiger charge is 2.19. The lowest BCUT2D eigenvalue weighted by Crippen LogP contribution is -2.34. The van der Waals surface area contributed by atoms with Crippen LogP contribution in [0.25, 0.3) is 0 Å². The Morgan fingerprint density at radius 3 is 2.88 bits per heavy atom. The first-order valence-corrected chi connectivity index (χ1v) is 7.11. The topological polar surface area (TPSA) is 51.0 Å². The number of hydrogen-bond donors (Lipinski definition) is 1. The fraction of sp³-hybridized carbons (Fsp3) is 0.818. The lowest BCUT2D eigenvalue weighted by atomic mass is 10.1. The molecule has 16 heavy (non-hydrogen) atoms. The third kappa shape index (κ3) is 2.98. The van der Waals surface area contributed by atoms with E-state index in [9.17, 15) is 0 Å². The minimum Gasteiger partial charge on any atom is -0.338 e. The molecule has 2 rings (SSSR count). The van der Waals surface area contributed by atoms with Crippen LogP contribution in [0.2, 0.25) is 0 Å². The number of aryl methyl sites for hydroxylation is 1. The molecule has 4 nitrogen and oxygen atoms in total. The van der Waals surface area contributed by atoms with Gasteiger partial charge >= 0.3 is 0 Å². The van der Waals surface area contributed by atoms with Crippen LogP contribution in [0.15, 0.2) is 4.52 Å². The Morgan fingerprint density at radius 2 is 2.25 bits per heavy atom. The highest BCUT2D eigenvalue weighted by molar-refractivity contribution is 7.99. The van der Waals surface area contributed by atoms with Crippen molar-refractivity contribution in [1.82, 2.24) is 15.5 Å². The van der Waals surface area contributed by atoms with Crippen molar-refractivity contribution < 1.29 is 4.52 Å². The van der Waals surface area contributed by atoms with E-state index < -0.39 is 0 Å². The Kier molecular flexibility index (Phi) is 4.23. The Labute approximate surface area is 101 Å². The molecule has 0 bridgehead atoms. The van der Waals surface area contributed by atoms with Crippen molar-refractivity contribution in [3.8, 4) is 0 Å². The molecule has 0 radical (unpaired) electrons. The first-order chi connectivity index (χ1) is 7.79. The van der Waals surface area contributed by atoms with Gasteiger partial charge in [0.1, 0.15) is 0 Å². The summed E-state index contributed by atoms with van der Waals surface area (Å²) in [5.41, 5.74) is 0. The quantitative estimate of drug-likeness (QED) is 0.875. The zero-order valence-electron chi connectivity index (χ0n) is 9.90. The van der Waals surface area contributed by atoms with Crippen molar-refractivity contribution in [3.05, 3.63) is 11.7 Å². The van der Waals surface area contributed by atoms with E-state index in [2.05, 4.69) is 22.4 Å². The molecule has 1 unspecified atom stereocenters. The second kappa shape index (κ2) is 5.68. The van der Waals surface area contributed by atoms with Crippen LogP contribution in [0.3, 0.4) is 0 Å². The van der Waals surface area contributed by atoms with Gasteiger partial charge in [0.15, 0.2) is 5.82 Å². The summed E-state index contributed by atoms with van der Waals surface area (Å²) < 4.78 is 5.23. The van der Waals surface area contributed by atoms with E-state index >= 15 is 0 Å². The molecule has 90 valence electrons. The zero-order chi connectivity index (χ0) is 11.4. The van der Waals surface area contributed by atoms with Gasteiger partial charge in [0.05, 0.1) is 6.04 Å². The molecule has 1 aliphatic heterocycles. The van der Waals surface area contributed by atoms with E-state index in [0.29, 0.717) is 6.04 Å². The minimum absolute atomic E-state index is 0.167. The summed E-state index contributed by atoms with van der Waals surface area (Å²) in [4.78, 5) is 4.35. The van der Waals surface area contributed by atoms with E-state index in [4.69, 9.17) is 4.52 Å². The maximum absolute atomic E-state index is 5.23. The highest BCUT2D eigenvalue weighted by Crippen LogP contribution is 2.20. The van der Waals surface area contributed by atoms with Gasteiger partial charge in [-0.1, -0.05) is 12.1 Å². The predicted molar refractivity (Wildman–Crippen MR) is 65.6 cm³/mol. The average molecular weight is 241 g/mol. The minimum atomic E-state index is 0.167. The van der Waals surface area contributed by atoms with Crippen LogP contribution in [-0.4, -0.2) is 27.7 Å². The smallest absolute Gasteiger partial charge is 0.243 e. The maximum atomic E-state index is 5.23. The van der Waals surface area contributed by atoms with E-state index in [-0.39, 0.29) is 6.04 Å². The van der Waals surface area contributed by atoms with Crippen molar-refractivity contribution in [2.75, 3.05) is 11.5 Å². The lowest BCUT2D eigenvalue weighted by molar-refractivity contribution is 0.315. The molecule has 1 fully saturated rings. The predicted octanol–water partition coefficient (Wildman–Crippen LogP) is 2.18. The summed E-state index contributed by atoms with van der Waals surface area (Å²) in [6.45, 7) is 4.12. The van der Waals surface area contributed by atoms with Gasteiger partial charge in [0.2, 0.25) is 5.89 Å². The molecular weight excluding hydrogens is 222 g/mol. The molecule has 1 N–H and O–H groups in total. The normalized spacial score (nSPS) is 19.9. The van der Waals surface area contributed by atoms with Crippen LogP contribution in [0.5, 0.6) is 0 Å². The summed E-state index contributed by atoms with van der Waals surface area (Å²) in [6, 6.07) is 0.772. The first-order valence-electron chi connectivity index (χ1n) is 5.96. The van der Waals surface area contributed by atoms with Gasteiger partial charge in [-0.3, -0.25) is 0 Å². The van der Waals surface area contributed by atoms with Gasteiger partial charge in [-0.15, -0.1) is 0 Å². The molecule has 0 amide bonds. The average Bonchev–Trinajstić information content (AvgIpc) is 2.79. The van der Waals surface area contributed by atoms with Crippen LogP contribution >= 0.6 is 11.8 Å². The SMILES string of the molecule is CCc1noc(C(C)NC2CCSCC2)n1. The molecule has 2 heterocycles. The molecule has 1 aliphatic rings. The fourth-order valence-electron chi connectivity index (χ4n) is 1.88. The molecule has 5 heteroatoms.